The van der Waals surface area contributed by atoms with Gasteiger partial charge in [0.15, 0.2) is 5.96 Å². The number of aliphatic hydroxyl groups is 4. The zero-order chi connectivity index (χ0) is 47.3. The number of nitrogens with one attached hydrogen (secondary N) is 9. The van der Waals surface area contributed by atoms with Gasteiger partial charge in [0.1, 0.15) is 42.3 Å². The molecule has 0 aliphatic rings. The molecule has 0 aliphatic heterocycles. The number of carboxylic acids is 1. The van der Waals surface area contributed by atoms with Crippen LogP contribution in [0, 0.1) is 23.2 Å². The first-order valence-corrected chi connectivity index (χ1v) is 20.1. The minimum absolute atomic E-state index is 0.0411. The van der Waals surface area contributed by atoms with E-state index in [1.165, 1.54) is 6.92 Å². The Morgan fingerprint density at radius 2 is 1.13 bits per heavy atom. The molecular weight excluding hydrogens is 806 g/mol. The maximum absolute atomic E-state index is 13.9. The summed E-state index contributed by atoms with van der Waals surface area (Å²) >= 11 is 0. The van der Waals surface area contributed by atoms with Crippen LogP contribution in [0.1, 0.15) is 81.1 Å². The normalized spacial score (nSPS) is 16.7. The van der Waals surface area contributed by atoms with E-state index in [0.717, 1.165) is 6.92 Å². The molecule has 350 valence electrons. The molecule has 24 heteroatoms. The second-order valence-corrected chi connectivity index (χ2v) is 15.7. The van der Waals surface area contributed by atoms with Crippen molar-refractivity contribution in [3.63, 3.8) is 0 Å². The van der Waals surface area contributed by atoms with Crippen LogP contribution in [0.5, 0.6) is 0 Å². The summed E-state index contributed by atoms with van der Waals surface area (Å²) in [6.07, 6.45) is -3.73. The number of carbonyl (C=O) groups is 8. The number of aliphatic hydroxyl groups excluding tert-OH is 4. The van der Waals surface area contributed by atoms with Crippen LogP contribution in [0.25, 0.3) is 0 Å². The van der Waals surface area contributed by atoms with E-state index in [-0.39, 0.29) is 43.6 Å². The molecule has 61 heavy (non-hydrogen) atoms. The van der Waals surface area contributed by atoms with Gasteiger partial charge in [-0.2, -0.15) is 0 Å². The molecule has 0 saturated heterocycles. The van der Waals surface area contributed by atoms with E-state index >= 15 is 0 Å². The smallest absolute Gasteiger partial charge is 0.328 e. The second kappa shape index (κ2) is 27.6. The van der Waals surface area contributed by atoms with Crippen LogP contribution in [0.15, 0.2) is 0 Å². The molecule has 0 aromatic carbocycles. The van der Waals surface area contributed by atoms with Crippen molar-refractivity contribution >= 4 is 53.3 Å². The number of guanidine groups is 1. The van der Waals surface area contributed by atoms with Gasteiger partial charge in [-0.1, -0.05) is 48.0 Å². The van der Waals surface area contributed by atoms with Gasteiger partial charge in [0, 0.05) is 6.54 Å². The Labute approximate surface area is 355 Å². The molecule has 0 saturated carbocycles. The lowest BCUT2D eigenvalue weighted by atomic mass is 9.96. The summed E-state index contributed by atoms with van der Waals surface area (Å²) in [5.74, 6) is -9.58. The highest BCUT2D eigenvalue weighted by Crippen LogP contribution is 2.13. The molecule has 0 fully saturated rings. The number of carbonyl (C=O) groups excluding carboxylic acids is 7. The third-order valence-electron chi connectivity index (χ3n) is 9.47. The lowest BCUT2D eigenvalue weighted by Gasteiger charge is -2.30. The number of carboxylic acid groups (broad SMARTS) is 1. The van der Waals surface area contributed by atoms with Crippen molar-refractivity contribution in [1.82, 2.24) is 42.5 Å². The SMILES string of the molecule is CC[C@H](C)[C@H](NC(=O)[C@@H](CCCNC(=N)N)NC(=O)[C@H](CC(C)C)NC(=O)[C@@H](N)[C@H](O)C(C)C)C(=O)N[C@H](C(=O)NCC(=O)N[C@H](C(=O)N[C@@H](CO)C(=O)O)[C@@H](C)O)[C@H](C)O. The fourth-order valence-electron chi connectivity index (χ4n) is 5.57. The highest BCUT2D eigenvalue weighted by Gasteiger charge is 2.36. The lowest BCUT2D eigenvalue weighted by molar-refractivity contribution is -0.144. The molecule has 0 rings (SSSR count). The number of nitrogens with two attached hydrogens (primary N) is 2. The predicted octanol–water partition coefficient (Wildman–Crippen LogP) is -5.45. The van der Waals surface area contributed by atoms with Gasteiger partial charge < -0.3 is 79.5 Å². The third-order valence-corrected chi connectivity index (χ3v) is 9.47. The molecule has 7 amide bonds. The summed E-state index contributed by atoms with van der Waals surface area (Å²) in [7, 11) is 0. The van der Waals surface area contributed by atoms with Crippen LogP contribution < -0.4 is 54.0 Å². The molecule has 18 N–H and O–H groups in total. The van der Waals surface area contributed by atoms with Gasteiger partial charge in [-0.25, -0.2) is 4.79 Å². The molecular formula is C37H69N11O13. The van der Waals surface area contributed by atoms with Gasteiger partial charge in [0.25, 0.3) is 0 Å². The first-order valence-electron chi connectivity index (χ1n) is 20.1. The maximum atomic E-state index is 13.9. The molecule has 11 atom stereocenters. The van der Waals surface area contributed by atoms with E-state index in [9.17, 15) is 58.8 Å². The molecule has 24 nitrogen and oxygen atoms in total. The number of hydrogen-bond acceptors (Lipinski definition) is 14. The summed E-state index contributed by atoms with van der Waals surface area (Å²) in [5.41, 5.74) is 11.3. The fourth-order valence-corrected chi connectivity index (χ4v) is 5.57. The molecule has 0 aliphatic carbocycles. The van der Waals surface area contributed by atoms with E-state index in [2.05, 4.69) is 37.2 Å². The van der Waals surface area contributed by atoms with Crippen LogP contribution in [0.2, 0.25) is 0 Å². The highest BCUT2D eigenvalue weighted by molar-refractivity contribution is 5.97. The fraction of sp³-hybridized carbons (Fsp3) is 0.757. The number of amides is 7. The molecule has 0 aromatic heterocycles. The van der Waals surface area contributed by atoms with Crippen molar-refractivity contribution in [2.24, 2.45) is 29.2 Å². The number of hydrogen-bond donors (Lipinski definition) is 16. The van der Waals surface area contributed by atoms with Crippen LogP contribution in [0.4, 0.5) is 0 Å². The zero-order valence-corrected chi connectivity index (χ0v) is 36.1. The Bertz CT molecular complexity index is 1500. The average molecular weight is 876 g/mol. The van der Waals surface area contributed by atoms with Crippen molar-refractivity contribution in [2.45, 2.75) is 142 Å². The van der Waals surface area contributed by atoms with Crippen LogP contribution >= 0.6 is 0 Å². The van der Waals surface area contributed by atoms with E-state index in [0.29, 0.717) is 6.42 Å². The van der Waals surface area contributed by atoms with Crippen molar-refractivity contribution in [3.8, 4) is 0 Å². The largest absolute Gasteiger partial charge is 0.480 e. The standard InChI is InChI=1S/C37H69N11O13/c1-9-18(6)26(34(58)48-27(19(7)50)33(57)42-14-24(52)46-28(20(8)51)35(59)45-23(15-49)36(60)61)47-30(54)21(11-10-12-41-37(39)40)43-31(55)22(13-16(2)3)44-32(56)25(38)29(53)17(4)5/h16-23,25-29,49-51,53H,9-15,38H2,1-8H3,(H,42,57)(H,43,55)(H,44,56)(H,45,59)(H,46,52)(H,47,54)(H,48,58)(H,60,61)(H4,39,40,41)/t18-,19-,20+,21+,22-,23-,25-,26-,27-,28-,29+/m0/s1. The number of rotatable bonds is 28. The Balaban J connectivity index is 6.21. The van der Waals surface area contributed by atoms with E-state index in [1.54, 1.807) is 41.5 Å². The van der Waals surface area contributed by atoms with Crippen molar-refractivity contribution in [3.05, 3.63) is 0 Å². The van der Waals surface area contributed by atoms with Crippen molar-refractivity contribution in [2.75, 3.05) is 19.7 Å². The highest BCUT2D eigenvalue weighted by atomic mass is 16.4. The first-order chi connectivity index (χ1) is 28.3. The second-order valence-electron chi connectivity index (χ2n) is 15.7. The first kappa shape index (κ1) is 55.8. The van der Waals surface area contributed by atoms with Gasteiger partial charge in [-0.05, 0) is 50.9 Å². The van der Waals surface area contributed by atoms with E-state index in [4.69, 9.17) is 22.0 Å². The minimum Gasteiger partial charge on any atom is -0.480 e. The summed E-state index contributed by atoms with van der Waals surface area (Å²) in [5, 5.41) is 75.5. The summed E-state index contributed by atoms with van der Waals surface area (Å²) < 4.78 is 0. The topological polar surface area (TPSA) is 410 Å². The lowest BCUT2D eigenvalue weighted by Crippen LogP contribution is -2.62. The Kier molecular flexibility index (Phi) is 25.3. The quantitative estimate of drug-likeness (QED) is 0.0198. The van der Waals surface area contributed by atoms with Crippen LogP contribution in [-0.2, 0) is 38.4 Å². The van der Waals surface area contributed by atoms with Crippen LogP contribution in [-0.4, -0.2) is 159 Å². The Hall–Kier alpha value is -5.17. The monoisotopic (exact) mass is 876 g/mol. The van der Waals surface area contributed by atoms with Gasteiger partial charge in [-0.15, -0.1) is 0 Å². The van der Waals surface area contributed by atoms with Gasteiger partial charge in [0.2, 0.25) is 41.4 Å². The zero-order valence-electron chi connectivity index (χ0n) is 36.1. The average Bonchev–Trinajstić information content (AvgIpc) is 3.17. The minimum atomic E-state index is -1.73. The summed E-state index contributed by atoms with van der Waals surface area (Å²) in [6, 6.07) is -10.3. The van der Waals surface area contributed by atoms with E-state index < -0.39 is 127 Å². The maximum Gasteiger partial charge on any atom is 0.328 e. The van der Waals surface area contributed by atoms with Gasteiger partial charge >= 0.3 is 5.97 Å². The molecule has 0 bridgehead atoms. The van der Waals surface area contributed by atoms with Crippen LogP contribution in [0.3, 0.4) is 0 Å². The molecule has 0 radical (unpaired) electrons. The summed E-state index contributed by atoms with van der Waals surface area (Å²) in [6.45, 7) is 10.8. The molecule has 0 aromatic rings. The molecule has 0 heterocycles. The Morgan fingerprint density at radius 1 is 0.639 bits per heavy atom. The summed E-state index contributed by atoms with van der Waals surface area (Å²) in [4.78, 5) is 104. The van der Waals surface area contributed by atoms with E-state index in [1.807, 2.05) is 5.32 Å². The van der Waals surface area contributed by atoms with Gasteiger partial charge in [-0.3, -0.25) is 39.0 Å². The van der Waals surface area contributed by atoms with Crippen molar-refractivity contribution in [1.29, 1.82) is 5.41 Å². The van der Waals surface area contributed by atoms with Gasteiger partial charge in [0.05, 0.1) is 31.5 Å². The number of aliphatic carboxylic acids is 1. The molecule has 0 unspecified atom stereocenters. The molecule has 0 spiro atoms. The third kappa shape index (κ3) is 20.3. The van der Waals surface area contributed by atoms with Crippen molar-refractivity contribution < 1.29 is 63.9 Å². The Morgan fingerprint density at radius 3 is 1.61 bits per heavy atom. The predicted molar refractivity (Wildman–Crippen MR) is 220 cm³/mol.